The van der Waals surface area contributed by atoms with Gasteiger partial charge in [-0.25, -0.2) is 9.97 Å². The van der Waals surface area contributed by atoms with Crippen LogP contribution in [0.2, 0.25) is 0 Å². The molecule has 0 radical (unpaired) electrons. The quantitative estimate of drug-likeness (QED) is 0.541. The van der Waals surface area contributed by atoms with Gasteiger partial charge >= 0.3 is 6.18 Å². The normalized spacial score (nSPS) is 11.7. The predicted molar refractivity (Wildman–Crippen MR) is 97.8 cm³/mol. The number of hydrogen-bond acceptors (Lipinski definition) is 5. The Balaban J connectivity index is 1.72. The first-order chi connectivity index (χ1) is 13.4. The third kappa shape index (κ3) is 3.72. The largest absolute Gasteiger partial charge is 0.434 e. The van der Waals surface area contributed by atoms with Crippen LogP contribution in [0, 0.1) is 0 Å². The minimum atomic E-state index is -4.56. The van der Waals surface area contributed by atoms with E-state index in [2.05, 4.69) is 25.1 Å². The molecular weight excluding hydrogens is 391 g/mol. The average Bonchev–Trinajstić information content (AvgIpc) is 3.31. The molecule has 4 rings (SSSR count). The fraction of sp³-hybridized carbons (Fsp3) is 0.111. The Hall–Kier alpha value is -3.27. The van der Waals surface area contributed by atoms with Crippen molar-refractivity contribution < 1.29 is 13.2 Å². The zero-order valence-corrected chi connectivity index (χ0v) is 14.9. The number of nitrogens with zero attached hydrogens (tertiary/aromatic N) is 3. The fourth-order valence-corrected chi connectivity index (χ4v) is 3.45. The first-order valence-electron chi connectivity index (χ1n) is 8.11. The van der Waals surface area contributed by atoms with Gasteiger partial charge in [0.15, 0.2) is 16.5 Å². The first kappa shape index (κ1) is 18.1. The Kier molecular flexibility index (Phi) is 4.55. The number of rotatable bonds is 4. The standard InChI is InChI=1S/C18H12F3N5OS/c19-18(20,21)14-9-28-17(24-14)16-23-12(7-15(27)25-16)11-8-22-26-13(11)6-10-4-2-1-3-5-10/h1-5,7-9H,6H2,(H,22,26)(H,23,25,27). The second-order valence-electron chi connectivity index (χ2n) is 5.94. The summed E-state index contributed by atoms with van der Waals surface area (Å²) in [6.45, 7) is 0. The highest BCUT2D eigenvalue weighted by Gasteiger charge is 2.34. The summed E-state index contributed by atoms with van der Waals surface area (Å²) < 4.78 is 38.4. The number of alkyl halides is 3. The van der Waals surface area contributed by atoms with E-state index in [4.69, 9.17) is 0 Å². The molecule has 0 aliphatic heterocycles. The van der Waals surface area contributed by atoms with Gasteiger partial charge in [-0.05, 0) is 5.56 Å². The Labute approximate surface area is 160 Å². The molecular formula is C18H12F3N5OS. The maximum Gasteiger partial charge on any atom is 0.434 e. The van der Waals surface area contributed by atoms with Gasteiger partial charge in [-0.2, -0.15) is 18.3 Å². The molecule has 4 aromatic rings. The Morgan fingerprint density at radius 2 is 1.89 bits per heavy atom. The maximum absolute atomic E-state index is 12.8. The summed E-state index contributed by atoms with van der Waals surface area (Å²) in [7, 11) is 0. The molecule has 0 spiro atoms. The molecule has 2 N–H and O–H groups in total. The van der Waals surface area contributed by atoms with Crippen molar-refractivity contribution in [2.45, 2.75) is 12.6 Å². The van der Waals surface area contributed by atoms with Crippen molar-refractivity contribution in [1.82, 2.24) is 25.1 Å². The zero-order chi connectivity index (χ0) is 19.7. The second kappa shape index (κ2) is 7.04. The van der Waals surface area contributed by atoms with E-state index in [0.29, 0.717) is 17.7 Å². The summed E-state index contributed by atoms with van der Waals surface area (Å²) in [5.74, 6) is -0.0186. The molecule has 0 unspecified atom stereocenters. The summed E-state index contributed by atoms with van der Waals surface area (Å²) in [5.41, 5.74) is 1.17. The van der Waals surface area contributed by atoms with Crippen LogP contribution < -0.4 is 5.56 Å². The van der Waals surface area contributed by atoms with Crippen molar-refractivity contribution in [3.8, 4) is 22.1 Å². The van der Waals surface area contributed by atoms with E-state index >= 15 is 0 Å². The fourth-order valence-electron chi connectivity index (χ4n) is 2.68. The SMILES string of the molecule is O=c1cc(-c2cn[nH]c2Cc2ccccc2)nc(-c2nc(C(F)(F)F)cs2)[nH]1. The summed E-state index contributed by atoms with van der Waals surface area (Å²) in [6.07, 6.45) is -2.48. The average molecular weight is 403 g/mol. The topological polar surface area (TPSA) is 87.3 Å². The summed E-state index contributed by atoms with van der Waals surface area (Å²) >= 11 is 0.764. The number of H-pyrrole nitrogens is 2. The smallest absolute Gasteiger partial charge is 0.304 e. The lowest BCUT2D eigenvalue weighted by Gasteiger charge is -2.05. The number of thiazole rings is 1. The number of aromatic nitrogens is 5. The second-order valence-corrected chi connectivity index (χ2v) is 6.80. The van der Waals surface area contributed by atoms with Crippen molar-refractivity contribution in [3.05, 3.63) is 75.3 Å². The van der Waals surface area contributed by atoms with E-state index < -0.39 is 17.4 Å². The molecule has 0 saturated heterocycles. The van der Waals surface area contributed by atoms with E-state index in [9.17, 15) is 18.0 Å². The minimum absolute atomic E-state index is 0.0145. The highest BCUT2D eigenvalue weighted by molar-refractivity contribution is 7.13. The molecule has 3 heterocycles. The number of hydrogen-bond donors (Lipinski definition) is 2. The van der Waals surface area contributed by atoms with Crippen molar-refractivity contribution in [2.75, 3.05) is 0 Å². The lowest BCUT2D eigenvalue weighted by molar-refractivity contribution is -0.140. The summed E-state index contributed by atoms with van der Waals surface area (Å²) in [4.78, 5) is 22.4. The van der Waals surface area contributed by atoms with Crippen LogP contribution in [-0.4, -0.2) is 25.1 Å². The highest BCUT2D eigenvalue weighted by atomic mass is 32.1. The third-order valence-electron chi connectivity index (χ3n) is 3.96. The van der Waals surface area contributed by atoms with Crippen LogP contribution >= 0.6 is 11.3 Å². The summed E-state index contributed by atoms with van der Waals surface area (Å²) in [5, 5.41) is 7.79. The maximum atomic E-state index is 12.8. The molecule has 0 saturated carbocycles. The van der Waals surface area contributed by atoms with Gasteiger partial charge in [-0.1, -0.05) is 30.3 Å². The number of nitrogens with one attached hydrogen (secondary N) is 2. The van der Waals surface area contributed by atoms with Crippen molar-refractivity contribution in [3.63, 3.8) is 0 Å². The molecule has 28 heavy (non-hydrogen) atoms. The van der Waals surface area contributed by atoms with Gasteiger partial charge in [0.1, 0.15) is 0 Å². The third-order valence-corrected chi connectivity index (χ3v) is 4.81. The molecule has 3 aromatic heterocycles. The minimum Gasteiger partial charge on any atom is -0.304 e. The lowest BCUT2D eigenvalue weighted by Crippen LogP contribution is -2.09. The Morgan fingerprint density at radius 3 is 2.61 bits per heavy atom. The van der Waals surface area contributed by atoms with Crippen molar-refractivity contribution in [1.29, 1.82) is 0 Å². The summed E-state index contributed by atoms with van der Waals surface area (Å²) in [6, 6.07) is 10.9. The molecule has 6 nitrogen and oxygen atoms in total. The molecule has 10 heteroatoms. The molecule has 0 aliphatic carbocycles. The molecule has 0 bridgehead atoms. The molecule has 0 amide bonds. The number of halogens is 3. The van der Waals surface area contributed by atoms with Crippen molar-refractivity contribution >= 4 is 11.3 Å². The highest BCUT2D eigenvalue weighted by Crippen LogP contribution is 2.33. The number of aromatic amines is 2. The monoisotopic (exact) mass is 403 g/mol. The van der Waals surface area contributed by atoms with Gasteiger partial charge in [0.2, 0.25) is 0 Å². The van der Waals surface area contributed by atoms with Crippen LogP contribution in [0.3, 0.4) is 0 Å². The van der Waals surface area contributed by atoms with E-state index in [1.807, 2.05) is 30.3 Å². The van der Waals surface area contributed by atoms with Gasteiger partial charge in [-0.3, -0.25) is 9.89 Å². The van der Waals surface area contributed by atoms with Crippen LogP contribution in [0.1, 0.15) is 17.0 Å². The molecule has 1 aromatic carbocycles. The van der Waals surface area contributed by atoms with Crippen LogP contribution in [0.5, 0.6) is 0 Å². The van der Waals surface area contributed by atoms with Gasteiger partial charge in [0.05, 0.1) is 11.9 Å². The van der Waals surface area contributed by atoms with E-state index in [1.54, 1.807) is 0 Å². The van der Waals surface area contributed by atoms with Crippen LogP contribution in [0.25, 0.3) is 22.1 Å². The van der Waals surface area contributed by atoms with Gasteiger partial charge in [0, 0.05) is 29.1 Å². The zero-order valence-electron chi connectivity index (χ0n) is 14.1. The van der Waals surface area contributed by atoms with Crippen LogP contribution in [0.15, 0.2) is 52.8 Å². The Bertz CT molecular complexity index is 1160. The van der Waals surface area contributed by atoms with Gasteiger partial charge < -0.3 is 4.98 Å². The van der Waals surface area contributed by atoms with E-state index in [1.165, 1.54) is 12.3 Å². The Morgan fingerprint density at radius 1 is 1.11 bits per heavy atom. The van der Waals surface area contributed by atoms with Gasteiger partial charge in [-0.15, -0.1) is 11.3 Å². The van der Waals surface area contributed by atoms with Crippen LogP contribution in [0.4, 0.5) is 13.2 Å². The molecule has 0 fully saturated rings. The van der Waals surface area contributed by atoms with E-state index in [0.717, 1.165) is 28.0 Å². The lowest BCUT2D eigenvalue weighted by atomic mass is 10.1. The molecule has 0 aliphatic rings. The van der Waals surface area contributed by atoms with Crippen LogP contribution in [-0.2, 0) is 12.6 Å². The van der Waals surface area contributed by atoms with Crippen molar-refractivity contribution in [2.24, 2.45) is 0 Å². The number of benzene rings is 1. The van der Waals surface area contributed by atoms with E-state index in [-0.39, 0.29) is 10.8 Å². The first-order valence-corrected chi connectivity index (χ1v) is 8.99. The predicted octanol–water partition coefficient (Wildman–Crippen LogP) is 3.89. The molecule has 0 atom stereocenters. The molecule has 142 valence electrons. The van der Waals surface area contributed by atoms with Gasteiger partial charge in [0.25, 0.3) is 5.56 Å².